The maximum atomic E-state index is 12.1. The van der Waals surface area contributed by atoms with Crippen LogP contribution in [0.4, 0.5) is 0 Å². The molecule has 18 heavy (non-hydrogen) atoms. The molecule has 0 aliphatic rings. The van der Waals surface area contributed by atoms with Gasteiger partial charge in [0.05, 0.1) is 27.3 Å². The summed E-state index contributed by atoms with van der Waals surface area (Å²) in [5.41, 5.74) is 0. The van der Waals surface area contributed by atoms with Crippen molar-refractivity contribution >= 4 is 7.60 Å². The quantitative estimate of drug-likeness (QED) is 0.546. The Morgan fingerprint density at radius 1 is 1.17 bits per heavy atom. The Morgan fingerprint density at radius 3 is 1.89 bits per heavy atom. The summed E-state index contributed by atoms with van der Waals surface area (Å²) < 4.78 is 22.5. The number of hydrogen-bond acceptors (Lipinski definition) is 4. The highest BCUT2D eigenvalue weighted by atomic mass is 31.2. The molecular weight excluding hydrogens is 253 g/mol. The monoisotopic (exact) mass is 282 g/mol. The molecule has 0 aliphatic heterocycles. The van der Waals surface area contributed by atoms with E-state index < -0.39 is 13.7 Å². The van der Waals surface area contributed by atoms with Gasteiger partial charge in [-0.05, 0) is 5.92 Å². The third kappa shape index (κ3) is 5.81. The van der Waals surface area contributed by atoms with E-state index in [0.29, 0.717) is 10.4 Å². The fourth-order valence-corrected chi connectivity index (χ4v) is 3.20. The number of aliphatic hydroxyl groups is 1. The molecule has 6 heteroatoms. The van der Waals surface area contributed by atoms with Gasteiger partial charge >= 0.3 is 7.60 Å². The lowest BCUT2D eigenvalue weighted by Crippen LogP contribution is -2.53. The van der Waals surface area contributed by atoms with E-state index in [1.165, 1.54) is 14.2 Å². The highest BCUT2D eigenvalue weighted by molar-refractivity contribution is 7.53. The Morgan fingerprint density at radius 2 is 1.61 bits per heavy atom. The van der Waals surface area contributed by atoms with Gasteiger partial charge in [-0.2, -0.15) is 0 Å². The van der Waals surface area contributed by atoms with Crippen molar-refractivity contribution in [2.24, 2.45) is 5.92 Å². The summed E-state index contributed by atoms with van der Waals surface area (Å²) in [6, 6.07) is 0.00336. The van der Waals surface area contributed by atoms with Gasteiger partial charge in [0.1, 0.15) is 12.1 Å². The fourth-order valence-electron chi connectivity index (χ4n) is 2.05. The summed E-state index contributed by atoms with van der Waals surface area (Å²) in [6.07, 6.45) is 0.184. The largest absolute Gasteiger partial charge is 0.386 e. The van der Waals surface area contributed by atoms with Gasteiger partial charge in [-0.3, -0.25) is 4.57 Å². The normalized spacial score (nSPS) is 16.9. The molecule has 1 N–H and O–H groups in total. The first-order chi connectivity index (χ1) is 8.05. The van der Waals surface area contributed by atoms with Crippen LogP contribution in [0.15, 0.2) is 0 Å². The Labute approximate surface area is 111 Å². The smallest absolute Gasteiger partial charge is 0.332 e. The van der Waals surface area contributed by atoms with Crippen molar-refractivity contribution in [3.63, 3.8) is 0 Å². The van der Waals surface area contributed by atoms with E-state index in [2.05, 4.69) is 13.8 Å². The van der Waals surface area contributed by atoms with Crippen LogP contribution in [0.2, 0.25) is 0 Å². The number of hydrogen-bond donors (Lipinski definition) is 1. The number of aliphatic hydroxyl groups excluding tert-OH is 1. The summed E-state index contributed by atoms with van der Waals surface area (Å²) in [7, 11) is 5.62. The zero-order chi connectivity index (χ0) is 14.6. The first-order valence-corrected chi connectivity index (χ1v) is 7.98. The summed E-state index contributed by atoms with van der Waals surface area (Å²) in [6.45, 7) is 4.23. The van der Waals surface area contributed by atoms with Gasteiger partial charge in [0.2, 0.25) is 0 Å². The molecule has 0 aromatic carbocycles. The van der Waals surface area contributed by atoms with Crippen LogP contribution in [0.3, 0.4) is 0 Å². The molecule has 0 rings (SSSR count). The molecule has 0 saturated carbocycles. The van der Waals surface area contributed by atoms with Crippen molar-refractivity contribution in [2.75, 3.05) is 41.5 Å². The predicted octanol–water partition coefficient (Wildman–Crippen LogP) is 1.95. The molecular formula is C12H29NO4P+. The third-order valence-corrected chi connectivity index (χ3v) is 5.05. The van der Waals surface area contributed by atoms with Gasteiger partial charge < -0.3 is 18.6 Å². The Hall–Kier alpha value is 0.0700. The molecule has 0 aliphatic carbocycles. The molecule has 110 valence electrons. The van der Waals surface area contributed by atoms with Crippen LogP contribution in [-0.2, 0) is 13.6 Å². The molecule has 0 saturated heterocycles. The highest BCUT2D eigenvalue weighted by Crippen LogP contribution is 2.47. The summed E-state index contributed by atoms with van der Waals surface area (Å²) in [5, 5.41) is 10.3. The molecule has 5 nitrogen and oxygen atoms in total. The van der Waals surface area contributed by atoms with Crippen LogP contribution in [0.25, 0.3) is 0 Å². The number of rotatable bonds is 8. The van der Waals surface area contributed by atoms with E-state index in [0.717, 1.165) is 6.42 Å². The molecule has 0 amide bonds. The van der Waals surface area contributed by atoms with E-state index in [9.17, 15) is 9.67 Å². The van der Waals surface area contributed by atoms with Gasteiger partial charge in [0.25, 0.3) is 0 Å². The summed E-state index contributed by atoms with van der Waals surface area (Å²) in [4.78, 5) is 0. The van der Waals surface area contributed by atoms with E-state index in [4.69, 9.17) is 9.05 Å². The van der Waals surface area contributed by atoms with Crippen molar-refractivity contribution in [1.82, 2.24) is 0 Å². The molecule has 0 bridgehead atoms. The van der Waals surface area contributed by atoms with Gasteiger partial charge in [-0.15, -0.1) is 0 Å². The second kappa shape index (κ2) is 7.01. The van der Waals surface area contributed by atoms with Crippen molar-refractivity contribution in [1.29, 1.82) is 0 Å². The molecule has 2 atom stereocenters. The SMILES string of the molecule is COP(=O)(CC(O)[C@H](CC(C)C)[N+](C)(C)C)OC. The molecule has 0 fully saturated rings. The zero-order valence-electron chi connectivity index (χ0n) is 12.7. The van der Waals surface area contributed by atoms with Gasteiger partial charge in [-0.1, -0.05) is 13.8 Å². The minimum Gasteiger partial charge on any atom is -0.386 e. The number of nitrogens with zero attached hydrogens (tertiary/aromatic N) is 1. The number of likely N-dealkylation sites (N-methyl/N-ethyl adjacent to an activating group) is 1. The molecule has 0 radical (unpaired) electrons. The lowest BCUT2D eigenvalue weighted by atomic mass is 9.97. The minimum atomic E-state index is -3.16. The number of quaternary nitrogens is 1. The van der Waals surface area contributed by atoms with E-state index in [-0.39, 0.29) is 12.2 Å². The molecule has 1 unspecified atom stereocenters. The topological polar surface area (TPSA) is 55.8 Å². The molecule has 0 spiro atoms. The molecule has 0 aromatic heterocycles. The first kappa shape index (κ1) is 18.1. The minimum absolute atomic E-state index is 0.00336. The van der Waals surface area contributed by atoms with E-state index >= 15 is 0 Å². The average Bonchev–Trinajstić information content (AvgIpc) is 2.23. The van der Waals surface area contributed by atoms with Crippen LogP contribution in [-0.4, -0.2) is 63.3 Å². The molecule has 0 aromatic rings. The maximum absolute atomic E-state index is 12.1. The average molecular weight is 282 g/mol. The van der Waals surface area contributed by atoms with Gasteiger partial charge in [0.15, 0.2) is 0 Å². The van der Waals surface area contributed by atoms with Crippen molar-refractivity contribution < 1.29 is 23.2 Å². The maximum Gasteiger partial charge on any atom is 0.332 e. The second-order valence-electron chi connectivity index (χ2n) is 6.04. The second-order valence-corrected chi connectivity index (χ2v) is 8.36. The third-order valence-electron chi connectivity index (χ3n) is 3.12. The van der Waals surface area contributed by atoms with E-state index in [1.54, 1.807) is 0 Å². The summed E-state index contributed by atoms with van der Waals surface area (Å²) >= 11 is 0. The highest BCUT2D eigenvalue weighted by Gasteiger charge is 2.37. The van der Waals surface area contributed by atoms with Crippen LogP contribution < -0.4 is 0 Å². The Bertz CT molecular complexity index is 280. The zero-order valence-corrected chi connectivity index (χ0v) is 13.6. The Kier molecular flexibility index (Phi) is 7.04. The van der Waals surface area contributed by atoms with Gasteiger partial charge in [-0.25, -0.2) is 0 Å². The van der Waals surface area contributed by atoms with Crippen molar-refractivity contribution in [3.05, 3.63) is 0 Å². The Balaban J connectivity index is 4.87. The fraction of sp³-hybridized carbons (Fsp3) is 1.00. The van der Waals surface area contributed by atoms with Crippen LogP contribution in [0.5, 0.6) is 0 Å². The lowest BCUT2D eigenvalue weighted by molar-refractivity contribution is -0.900. The lowest BCUT2D eigenvalue weighted by Gasteiger charge is -2.38. The predicted molar refractivity (Wildman–Crippen MR) is 73.8 cm³/mol. The van der Waals surface area contributed by atoms with E-state index in [1.807, 2.05) is 21.1 Å². The van der Waals surface area contributed by atoms with Crippen LogP contribution in [0, 0.1) is 5.92 Å². The summed E-state index contributed by atoms with van der Waals surface area (Å²) in [5.74, 6) is 0.464. The van der Waals surface area contributed by atoms with Crippen molar-refractivity contribution in [3.8, 4) is 0 Å². The van der Waals surface area contributed by atoms with Gasteiger partial charge in [0, 0.05) is 20.6 Å². The molecule has 0 heterocycles. The van der Waals surface area contributed by atoms with Crippen molar-refractivity contribution in [2.45, 2.75) is 32.4 Å². The first-order valence-electron chi connectivity index (χ1n) is 6.25. The van der Waals surface area contributed by atoms with Crippen LogP contribution in [0.1, 0.15) is 20.3 Å². The standard InChI is InChI=1S/C12H29NO4P/c1-10(2)8-11(13(3,4)5)12(14)9-18(15,16-6)17-7/h10-12,14H,8-9H2,1-7H3/q+1/t11-,12?/m0/s1. The van der Waals surface area contributed by atoms with Crippen LogP contribution >= 0.6 is 7.60 Å².